The van der Waals surface area contributed by atoms with Gasteiger partial charge >= 0.3 is 5.97 Å². The van der Waals surface area contributed by atoms with Gasteiger partial charge in [-0.2, -0.15) is 0 Å². The molecule has 5 nitrogen and oxygen atoms in total. The minimum absolute atomic E-state index is 0.148. The number of carbonyl (C=O) groups is 2. The van der Waals surface area contributed by atoms with E-state index in [0.717, 1.165) is 25.0 Å². The van der Waals surface area contributed by atoms with Crippen molar-refractivity contribution >= 4 is 17.6 Å². The lowest BCUT2D eigenvalue weighted by Gasteiger charge is -2.27. The fraction of sp³-hybridized carbons (Fsp3) is 0.333. The van der Waals surface area contributed by atoms with E-state index in [9.17, 15) is 14.7 Å². The Kier molecular flexibility index (Phi) is 4.37. The molecule has 4 atom stereocenters. The average Bonchev–Trinajstić information content (AvgIpc) is 3.25. The number of para-hydroxylation sites is 1. The fourth-order valence-electron chi connectivity index (χ4n) is 4.48. The van der Waals surface area contributed by atoms with Gasteiger partial charge in [0.2, 0.25) is 5.91 Å². The number of anilines is 1. The summed E-state index contributed by atoms with van der Waals surface area (Å²) in [5.74, 6) is -0.226. The van der Waals surface area contributed by atoms with Gasteiger partial charge in [-0.15, -0.1) is 0 Å². The number of fused-ring (bicyclic) bond motifs is 2. The van der Waals surface area contributed by atoms with Crippen molar-refractivity contribution < 1.29 is 19.4 Å². The first kappa shape index (κ1) is 16.6. The van der Waals surface area contributed by atoms with E-state index in [1.54, 1.807) is 24.3 Å². The number of carbonyl (C=O) groups excluding carboxylic acids is 1. The summed E-state index contributed by atoms with van der Waals surface area (Å²) in [6.45, 7) is 0. The van der Waals surface area contributed by atoms with Crippen LogP contribution in [0.25, 0.3) is 0 Å². The highest BCUT2D eigenvalue weighted by atomic mass is 16.5. The van der Waals surface area contributed by atoms with Crippen LogP contribution < -0.4 is 10.1 Å². The molecule has 0 aliphatic heterocycles. The predicted molar refractivity (Wildman–Crippen MR) is 97.0 cm³/mol. The second-order valence-electron chi connectivity index (χ2n) is 7.15. The van der Waals surface area contributed by atoms with E-state index in [4.69, 9.17) is 4.74 Å². The van der Waals surface area contributed by atoms with Crippen molar-refractivity contribution in [3.63, 3.8) is 0 Å². The Balaban J connectivity index is 1.42. The van der Waals surface area contributed by atoms with Gasteiger partial charge in [0.25, 0.3) is 0 Å². The lowest BCUT2D eigenvalue weighted by molar-refractivity contribution is -0.148. The lowest BCUT2D eigenvalue weighted by atomic mass is 9.78. The minimum Gasteiger partial charge on any atom is -0.481 e. The standard InChI is InChI=1S/C21H21NO4/c23-20(18-13-6-7-14(12-13)19(18)21(24)25)22-15-8-10-17(11-9-15)26-16-4-2-1-3-5-16/h1-5,8-11,13-14,18-19H,6-7,12H2,(H,22,23)(H,24,25)/t13-,14+,18-,19+/m1/s1. The second-order valence-corrected chi connectivity index (χ2v) is 7.15. The van der Waals surface area contributed by atoms with E-state index in [2.05, 4.69) is 5.32 Å². The molecule has 2 aromatic rings. The molecule has 2 aromatic carbocycles. The summed E-state index contributed by atoms with van der Waals surface area (Å²) in [6, 6.07) is 16.6. The quantitative estimate of drug-likeness (QED) is 0.848. The van der Waals surface area contributed by atoms with Gasteiger partial charge in [-0.25, -0.2) is 0 Å². The highest BCUT2D eigenvalue weighted by Gasteiger charge is 2.53. The van der Waals surface area contributed by atoms with Crippen LogP contribution in [0.1, 0.15) is 19.3 Å². The van der Waals surface area contributed by atoms with Crippen LogP contribution in [-0.4, -0.2) is 17.0 Å². The first-order valence-electron chi connectivity index (χ1n) is 8.98. The molecule has 0 unspecified atom stereocenters. The van der Waals surface area contributed by atoms with E-state index < -0.39 is 17.8 Å². The van der Waals surface area contributed by atoms with Crippen LogP contribution in [0.15, 0.2) is 54.6 Å². The highest BCUT2D eigenvalue weighted by Crippen LogP contribution is 2.52. The van der Waals surface area contributed by atoms with Crippen molar-refractivity contribution in [1.82, 2.24) is 0 Å². The molecule has 1 amide bonds. The molecule has 0 heterocycles. The Morgan fingerprint density at radius 2 is 1.50 bits per heavy atom. The van der Waals surface area contributed by atoms with Crippen molar-refractivity contribution in [2.75, 3.05) is 5.32 Å². The van der Waals surface area contributed by atoms with Crippen LogP contribution in [0.3, 0.4) is 0 Å². The zero-order chi connectivity index (χ0) is 18.1. The summed E-state index contributed by atoms with van der Waals surface area (Å²) in [4.78, 5) is 24.3. The average molecular weight is 351 g/mol. The van der Waals surface area contributed by atoms with Crippen LogP contribution in [0.4, 0.5) is 5.69 Å². The number of aliphatic carboxylic acids is 1. The van der Waals surface area contributed by atoms with Crippen LogP contribution >= 0.6 is 0 Å². The first-order chi connectivity index (χ1) is 12.6. The monoisotopic (exact) mass is 351 g/mol. The van der Waals surface area contributed by atoms with Gasteiger partial charge in [-0.3, -0.25) is 9.59 Å². The van der Waals surface area contributed by atoms with E-state index in [1.807, 2.05) is 30.3 Å². The van der Waals surface area contributed by atoms with Gasteiger partial charge in [-0.1, -0.05) is 18.2 Å². The zero-order valence-corrected chi connectivity index (χ0v) is 14.3. The summed E-state index contributed by atoms with van der Waals surface area (Å²) in [5, 5.41) is 12.4. The molecule has 2 aliphatic rings. The number of carboxylic acid groups (broad SMARTS) is 1. The number of benzene rings is 2. The third-order valence-electron chi connectivity index (χ3n) is 5.61. The van der Waals surface area contributed by atoms with Crippen molar-refractivity contribution in [2.24, 2.45) is 23.7 Å². The molecule has 0 saturated heterocycles. The van der Waals surface area contributed by atoms with Crippen molar-refractivity contribution in [3.8, 4) is 11.5 Å². The molecule has 5 heteroatoms. The molecular formula is C21H21NO4. The predicted octanol–water partition coefficient (Wildman–Crippen LogP) is 4.16. The second kappa shape index (κ2) is 6.83. The van der Waals surface area contributed by atoms with Gasteiger partial charge < -0.3 is 15.2 Å². The summed E-state index contributed by atoms with van der Waals surface area (Å²) in [5.41, 5.74) is 0.655. The summed E-state index contributed by atoms with van der Waals surface area (Å²) in [7, 11) is 0. The van der Waals surface area contributed by atoms with Crippen molar-refractivity contribution in [1.29, 1.82) is 0 Å². The Bertz CT molecular complexity index is 803. The SMILES string of the molecule is O=C(Nc1ccc(Oc2ccccc2)cc1)[C@@H]1[C@@H]2CC[C@@H](C2)[C@@H]1C(=O)O. The van der Waals surface area contributed by atoms with E-state index in [-0.39, 0.29) is 17.7 Å². The highest BCUT2D eigenvalue weighted by molar-refractivity contribution is 5.96. The first-order valence-corrected chi connectivity index (χ1v) is 8.98. The smallest absolute Gasteiger partial charge is 0.307 e. The molecule has 26 heavy (non-hydrogen) atoms. The van der Waals surface area contributed by atoms with E-state index in [0.29, 0.717) is 11.4 Å². The normalized spacial score (nSPS) is 26.5. The molecule has 2 saturated carbocycles. The minimum atomic E-state index is -0.844. The Hall–Kier alpha value is -2.82. The molecule has 0 spiro atoms. The molecule has 0 aromatic heterocycles. The molecule has 4 rings (SSSR count). The Morgan fingerprint density at radius 1 is 0.885 bits per heavy atom. The topological polar surface area (TPSA) is 75.6 Å². The molecule has 2 aliphatic carbocycles. The maximum absolute atomic E-state index is 12.7. The van der Waals surface area contributed by atoms with Crippen LogP contribution in [0, 0.1) is 23.7 Å². The summed E-state index contributed by atoms with van der Waals surface area (Å²) in [6.07, 6.45) is 2.74. The largest absolute Gasteiger partial charge is 0.481 e. The van der Waals surface area contributed by atoms with Gasteiger partial charge in [0.05, 0.1) is 11.8 Å². The van der Waals surface area contributed by atoms with Crippen molar-refractivity contribution in [2.45, 2.75) is 19.3 Å². The van der Waals surface area contributed by atoms with E-state index in [1.165, 1.54) is 0 Å². The van der Waals surface area contributed by atoms with Crippen LogP contribution in [-0.2, 0) is 9.59 Å². The van der Waals surface area contributed by atoms with Gasteiger partial charge in [0.15, 0.2) is 0 Å². The van der Waals surface area contributed by atoms with Crippen LogP contribution in [0.5, 0.6) is 11.5 Å². The number of nitrogens with one attached hydrogen (secondary N) is 1. The summed E-state index contributed by atoms with van der Waals surface area (Å²) < 4.78 is 5.74. The Labute approximate surface area is 152 Å². The number of amides is 1. The molecule has 2 fully saturated rings. The molecule has 2 bridgehead atoms. The van der Waals surface area contributed by atoms with E-state index >= 15 is 0 Å². The van der Waals surface area contributed by atoms with Crippen LogP contribution in [0.2, 0.25) is 0 Å². The van der Waals surface area contributed by atoms with Gasteiger partial charge in [-0.05, 0) is 67.5 Å². The maximum Gasteiger partial charge on any atom is 0.307 e. The maximum atomic E-state index is 12.7. The van der Waals surface area contributed by atoms with Crippen molar-refractivity contribution in [3.05, 3.63) is 54.6 Å². The fourth-order valence-corrected chi connectivity index (χ4v) is 4.48. The molecule has 134 valence electrons. The summed E-state index contributed by atoms with van der Waals surface area (Å²) >= 11 is 0. The Morgan fingerprint density at radius 3 is 2.15 bits per heavy atom. The number of ether oxygens (including phenoxy) is 1. The third kappa shape index (κ3) is 3.17. The number of hydrogen-bond donors (Lipinski definition) is 2. The zero-order valence-electron chi connectivity index (χ0n) is 14.3. The molecule has 0 radical (unpaired) electrons. The third-order valence-corrected chi connectivity index (χ3v) is 5.61. The molecular weight excluding hydrogens is 330 g/mol. The lowest BCUT2D eigenvalue weighted by Crippen LogP contribution is -2.37. The van der Waals surface area contributed by atoms with Gasteiger partial charge in [0, 0.05) is 5.69 Å². The molecule has 2 N–H and O–H groups in total. The van der Waals surface area contributed by atoms with Gasteiger partial charge in [0.1, 0.15) is 11.5 Å². The number of hydrogen-bond acceptors (Lipinski definition) is 3. The number of rotatable bonds is 5. The number of carboxylic acids is 1.